The third kappa shape index (κ3) is 2.67. The number of methoxy groups -OCH3 is 1. The third-order valence-electron chi connectivity index (χ3n) is 3.23. The van der Waals surface area contributed by atoms with Crippen molar-refractivity contribution < 1.29 is 9.13 Å². The van der Waals surface area contributed by atoms with Gasteiger partial charge < -0.3 is 4.74 Å². The molecule has 0 amide bonds. The number of rotatable bonds is 3. The molecule has 0 unspecified atom stereocenters. The van der Waals surface area contributed by atoms with Crippen molar-refractivity contribution >= 4 is 22.5 Å². The maximum Gasteiger partial charge on any atom is 0.140 e. The maximum absolute atomic E-state index is 14.0. The van der Waals surface area contributed by atoms with Crippen LogP contribution in [0.1, 0.15) is 11.4 Å². The number of aromatic nitrogens is 2. The highest BCUT2D eigenvalue weighted by molar-refractivity contribution is 6.34. The minimum absolute atomic E-state index is 0.223. The summed E-state index contributed by atoms with van der Waals surface area (Å²) >= 11 is 6.17. The second-order valence-corrected chi connectivity index (χ2v) is 4.90. The number of para-hydroxylation sites is 1. The van der Waals surface area contributed by atoms with Crippen LogP contribution in [0.2, 0.25) is 5.15 Å². The lowest BCUT2D eigenvalue weighted by Gasteiger charge is -2.09. The Labute approximate surface area is 126 Å². The van der Waals surface area contributed by atoms with Crippen molar-refractivity contribution in [2.24, 2.45) is 0 Å². The molecular formula is C16H12ClFN2O. The number of halogens is 2. The number of ether oxygens (including phenoxy) is 1. The molecule has 3 nitrogen and oxygen atoms in total. The van der Waals surface area contributed by atoms with Gasteiger partial charge >= 0.3 is 0 Å². The molecule has 5 heteroatoms. The summed E-state index contributed by atoms with van der Waals surface area (Å²) in [6.07, 6.45) is 0.223. The van der Waals surface area contributed by atoms with Crippen LogP contribution in [0.4, 0.5) is 4.39 Å². The van der Waals surface area contributed by atoms with E-state index >= 15 is 0 Å². The zero-order chi connectivity index (χ0) is 14.8. The molecule has 0 saturated carbocycles. The zero-order valence-electron chi connectivity index (χ0n) is 11.3. The number of fused-ring (bicyclic) bond motifs is 1. The Balaban J connectivity index is 2.07. The fraction of sp³-hybridized carbons (Fsp3) is 0.125. The van der Waals surface area contributed by atoms with Gasteiger partial charge in [0.15, 0.2) is 0 Å². The average Bonchev–Trinajstić information content (AvgIpc) is 2.49. The Morgan fingerprint density at radius 2 is 1.90 bits per heavy atom. The largest absolute Gasteiger partial charge is 0.496 e. The van der Waals surface area contributed by atoms with E-state index in [1.54, 1.807) is 12.1 Å². The Morgan fingerprint density at radius 3 is 2.71 bits per heavy atom. The molecule has 0 aliphatic carbocycles. The van der Waals surface area contributed by atoms with Crippen molar-refractivity contribution in [1.29, 1.82) is 0 Å². The van der Waals surface area contributed by atoms with Gasteiger partial charge in [0.25, 0.3) is 0 Å². The molecule has 0 aliphatic rings. The van der Waals surface area contributed by atoms with Gasteiger partial charge in [0.2, 0.25) is 0 Å². The zero-order valence-corrected chi connectivity index (χ0v) is 12.1. The lowest BCUT2D eigenvalue weighted by Crippen LogP contribution is -2.02. The predicted molar refractivity (Wildman–Crippen MR) is 80.3 cm³/mol. The Morgan fingerprint density at radius 1 is 1.10 bits per heavy atom. The van der Waals surface area contributed by atoms with Gasteiger partial charge in [-0.1, -0.05) is 29.8 Å². The summed E-state index contributed by atoms with van der Waals surface area (Å²) in [7, 11) is 1.51. The molecular weight excluding hydrogens is 291 g/mol. The fourth-order valence-corrected chi connectivity index (χ4v) is 2.48. The standard InChI is InChI=1S/C16H12ClFN2O/c1-21-14-8-4-6-12(18)11(14)9-15-19-13-7-3-2-5-10(13)16(17)20-15/h2-8H,9H2,1H3. The molecule has 0 bridgehead atoms. The fourth-order valence-electron chi connectivity index (χ4n) is 2.22. The van der Waals surface area contributed by atoms with Crippen molar-refractivity contribution in [3.63, 3.8) is 0 Å². The van der Waals surface area contributed by atoms with E-state index in [1.807, 2.05) is 24.3 Å². The summed E-state index contributed by atoms with van der Waals surface area (Å²) < 4.78 is 19.2. The lowest BCUT2D eigenvalue weighted by atomic mass is 10.1. The van der Waals surface area contributed by atoms with E-state index in [9.17, 15) is 4.39 Å². The van der Waals surface area contributed by atoms with E-state index in [4.69, 9.17) is 16.3 Å². The maximum atomic E-state index is 14.0. The Kier molecular flexibility index (Phi) is 3.71. The van der Waals surface area contributed by atoms with E-state index in [0.29, 0.717) is 22.3 Å². The van der Waals surface area contributed by atoms with E-state index < -0.39 is 0 Å². The van der Waals surface area contributed by atoms with E-state index in [2.05, 4.69) is 9.97 Å². The molecule has 0 aliphatic heterocycles. The molecule has 0 N–H and O–H groups in total. The molecule has 1 heterocycles. The number of hydrogen-bond acceptors (Lipinski definition) is 3. The van der Waals surface area contributed by atoms with Crippen LogP contribution in [-0.4, -0.2) is 17.1 Å². The molecule has 2 aromatic carbocycles. The number of benzene rings is 2. The molecule has 0 fully saturated rings. The van der Waals surface area contributed by atoms with Gasteiger partial charge in [0.1, 0.15) is 22.5 Å². The van der Waals surface area contributed by atoms with Crippen LogP contribution in [0.25, 0.3) is 10.9 Å². The molecule has 0 radical (unpaired) electrons. The van der Waals surface area contributed by atoms with Crippen LogP contribution >= 0.6 is 11.6 Å². The molecule has 3 rings (SSSR count). The van der Waals surface area contributed by atoms with Gasteiger partial charge in [0, 0.05) is 17.4 Å². The van der Waals surface area contributed by atoms with Gasteiger partial charge in [0.05, 0.1) is 12.6 Å². The first kappa shape index (κ1) is 13.8. The van der Waals surface area contributed by atoms with Crippen LogP contribution in [-0.2, 0) is 6.42 Å². The van der Waals surface area contributed by atoms with Crippen LogP contribution in [0, 0.1) is 5.82 Å². The SMILES string of the molecule is COc1cccc(F)c1Cc1nc(Cl)c2ccccc2n1. The van der Waals surface area contributed by atoms with Crippen molar-refractivity contribution in [2.75, 3.05) is 7.11 Å². The topological polar surface area (TPSA) is 35.0 Å². The van der Waals surface area contributed by atoms with Crippen molar-refractivity contribution in [1.82, 2.24) is 9.97 Å². The van der Waals surface area contributed by atoms with Crippen LogP contribution < -0.4 is 4.74 Å². The summed E-state index contributed by atoms with van der Waals surface area (Å²) in [5.74, 6) is 0.590. The molecule has 3 aromatic rings. The van der Waals surface area contributed by atoms with E-state index in [1.165, 1.54) is 13.2 Å². The molecule has 0 atom stereocenters. The predicted octanol–water partition coefficient (Wildman–Crippen LogP) is 4.02. The van der Waals surface area contributed by atoms with Gasteiger partial charge in [-0.2, -0.15) is 0 Å². The monoisotopic (exact) mass is 302 g/mol. The van der Waals surface area contributed by atoms with Gasteiger partial charge in [-0.3, -0.25) is 0 Å². The molecule has 0 spiro atoms. The van der Waals surface area contributed by atoms with E-state index in [0.717, 1.165) is 10.9 Å². The first-order chi connectivity index (χ1) is 10.2. The van der Waals surface area contributed by atoms with Crippen LogP contribution in [0.15, 0.2) is 42.5 Å². The highest BCUT2D eigenvalue weighted by Gasteiger charge is 2.13. The first-order valence-corrected chi connectivity index (χ1v) is 6.79. The second-order valence-electron chi connectivity index (χ2n) is 4.55. The van der Waals surface area contributed by atoms with Crippen molar-refractivity contribution in [3.8, 4) is 5.75 Å². The third-order valence-corrected chi connectivity index (χ3v) is 3.52. The van der Waals surface area contributed by atoms with Gasteiger partial charge in [-0.05, 0) is 24.3 Å². The molecule has 106 valence electrons. The lowest BCUT2D eigenvalue weighted by molar-refractivity contribution is 0.405. The average molecular weight is 303 g/mol. The second kappa shape index (κ2) is 5.66. The minimum atomic E-state index is -0.345. The molecule has 21 heavy (non-hydrogen) atoms. The van der Waals surface area contributed by atoms with Gasteiger partial charge in [-0.25, -0.2) is 14.4 Å². The minimum Gasteiger partial charge on any atom is -0.496 e. The molecule has 1 aromatic heterocycles. The first-order valence-electron chi connectivity index (χ1n) is 6.41. The Bertz CT molecular complexity index is 807. The summed E-state index contributed by atoms with van der Waals surface area (Å²) in [6.45, 7) is 0. The van der Waals surface area contributed by atoms with Crippen LogP contribution in [0.5, 0.6) is 5.75 Å². The van der Waals surface area contributed by atoms with Crippen LogP contribution in [0.3, 0.4) is 0 Å². The normalized spacial score (nSPS) is 10.8. The van der Waals surface area contributed by atoms with Crippen molar-refractivity contribution in [2.45, 2.75) is 6.42 Å². The Hall–Kier alpha value is -2.20. The highest BCUT2D eigenvalue weighted by atomic mass is 35.5. The number of nitrogens with zero attached hydrogens (tertiary/aromatic N) is 2. The summed E-state index contributed by atoms with van der Waals surface area (Å²) in [5.41, 5.74) is 1.16. The number of hydrogen-bond donors (Lipinski definition) is 0. The summed E-state index contributed by atoms with van der Waals surface area (Å²) in [5, 5.41) is 1.15. The smallest absolute Gasteiger partial charge is 0.140 e. The van der Waals surface area contributed by atoms with Gasteiger partial charge in [-0.15, -0.1) is 0 Å². The van der Waals surface area contributed by atoms with Crippen molar-refractivity contribution in [3.05, 3.63) is 64.8 Å². The summed E-state index contributed by atoms with van der Waals surface area (Å²) in [6, 6.07) is 12.2. The van der Waals surface area contributed by atoms with E-state index in [-0.39, 0.29) is 12.2 Å². The summed E-state index contributed by atoms with van der Waals surface area (Å²) in [4.78, 5) is 8.68. The highest BCUT2D eigenvalue weighted by Crippen LogP contribution is 2.25. The quantitative estimate of drug-likeness (QED) is 0.685. The molecule has 0 saturated heterocycles.